The second-order valence-electron chi connectivity index (χ2n) is 5.09. The summed E-state index contributed by atoms with van der Waals surface area (Å²) in [6, 6.07) is 4.00. The summed E-state index contributed by atoms with van der Waals surface area (Å²) in [5, 5.41) is 10.6. The number of sulfonamides is 1. The molecule has 0 bridgehead atoms. The Morgan fingerprint density at radius 3 is 2.62 bits per heavy atom. The molecule has 0 saturated carbocycles. The highest BCUT2D eigenvalue weighted by atomic mass is 32.2. The van der Waals surface area contributed by atoms with Crippen molar-refractivity contribution in [3.63, 3.8) is 0 Å². The van der Waals surface area contributed by atoms with Crippen LogP contribution in [0.5, 0.6) is 0 Å². The van der Waals surface area contributed by atoms with Crippen LogP contribution in [-0.4, -0.2) is 45.8 Å². The van der Waals surface area contributed by atoms with Gasteiger partial charge in [-0.1, -0.05) is 0 Å². The molecule has 0 atom stereocenters. The van der Waals surface area contributed by atoms with E-state index in [1.807, 2.05) is 19.0 Å². The number of halogens is 2. The molecule has 130 valence electrons. The van der Waals surface area contributed by atoms with E-state index < -0.39 is 26.6 Å². The third-order valence-electron chi connectivity index (χ3n) is 3.06. The van der Waals surface area contributed by atoms with E-state index in [0.29, 0.717) is 11.9 Å². The number of hydrogen-bond acceptors (Lipinski definition) is 6. The Kier molecular flexibility index (Phi) is 5.62. The van der Waals surface area contributed by atoms with Crippen molar-refractivity contribution in [2.75, 3.05) is 37.4 Å². The van der Waals surface area contributed by atoms with Crippen molar-refractivity contribution in [3.05, 3.63) is 42.1 Å². The Morgan fingerprint density at radius 1 is 1.17 bits per heavy atom. The molecule has 0 aliphatic rings. The minimum absolute atomic E-state index is 0.0356. The lowest BCUT2D eigenvalue weighted by molar-refractivity contribution is 0.546. The second-order valence-corrected chi connectivity index (χ2v) is 6.83. The Labute approximate surface area is 138 Å². The summed E-state index contributed by atoms with van der Waals surface area (Å²) >= 11 is 0. The Morgan fingerprint density at radius 2 is 1.92 bits per heavy atom. The molecule has 0 radical (unpaired) electrons. The van der Waals surface area contributed by atoms with Gasteiger partial charge in [0.2, 0.25) is 10.0 Å². The molecule has 2 rings (SSSR count). The smallest absolute Gasteiger partial charge is 0.243 e. The van der Waals surface area contributed by atoms with Crippen molar-refractivity contribution in [2.45, 2.75) is 4.90 Å². The number of aromatic nitrogens is 2. The first-order valence-corrected chi connectivity index (χ1v) is 8.46. The number of hydrogen-bond donors (Lipinski definition) is 2. The molecule has 1 aromatic heterocycles. The van der Waals surface area contributed by atoms with Crippen molar-refractivity contribution in [1.29, 1.82) is 0 Å². The molecule has 0 aliphatic heterocycles. The standard InChI is InChI=1S/C14H17F2N5O2S/c1-21(2)11-8-14(20-18-9-11)17-5-6-19-24(22,23)13-7-10(15)3-4-12(13)16/h3-4,7-9,19H,5-6H2,1-2H3,(H,17,20). The molecule has 1 heterocycles. The largest absolute Gasteiger partial charge is 0.376 e. The van der Waals surface area contributed by atoms with Crippen LogP contribution in [0.15, 0.2) is 35.4 Å². The minimum Gasteiger partial charge on any atom is -0.376 e. The first kappa shape index (κ1) is 18.0. The number of nitrogens with zero attached hydrogens (tertiary/aromatic N) is 3. The van der Waals surface area contributed by atoms with Crippen molar-refractivity contribution < 1.29 is 17.2 Å². The van der Waals surface area contributed by atoms with Crippen LogP contribution >= 0.6 is 0 Å². The van der Waals surface area contributed by atoms with Gasteiger partial charge in [-0.15, -0.1) is 5.10 Å². The average molecular weight is 357 g/mol. The summed E-state index contributed by atoms with van der Waals surface area (Å²) in [5.74, 6) is -1.37. The van der Waals surface area contributed by atoms with Crippen molar-refractivity contribution in [1.82, 2.24) is 14.9 Å². The van der Waals surface area contributed by atoms with Gasteiger partial charge >= 0.3 is 0 Å². The highest BCUT2D eigenvalue weighted by Gasteiger charge is 2.19. The van der Waals surface area contributed by atoms with Crippen molar-refractivity contribution >= 4 is 21.5 Å². The van der Waals surface area contributed by atoms with E-state index in [-0.39, 0.29) is 13.1 Å². The maximum atomic E-state index is 13.5. The normalized spacial score (nSPS) is 11.3. The third kappa shape index (κ3) is 4.59. The van der Waals surface area contributed by atoms with Gasteiger partial charge in [-0.25, -0.2) is 21.9 Å². The van der Waals surface area contributed by atoms with E-state index in [1.165, 1.54) is 0 Å². The molecule has 0 amide bonds. The molecule has 10 heteroatoms. The summed E-state index contributed by atoms with van der Waals surface area (Å²) in [4.78, 5) is 1.12. The zero-order chi connectivity index (χ0) is 17.7. The number of anilines is 2. The van der Waals surface area contributed by atoms with Crippen LogP contribution < -0.4 is 14.9 Å². The summed E-state index contributed by atoms with van der Waals surface area (Å²) in [7, 11) is -0.439. The lowest BCUT2D eigenvalue weighted by Gasteiger charge is -2.13. The van der Waals surface area contributed by atoms with Gasteiger partial charge in [0.25, 0.3) is 0 Å². The molecule has 0 spiro atoms. The van der Waals surface area contributed by atoms with Crippen LogP contribution in [-0.2, 0) is 10.0 Å². The number of nitrogens with one attached hydrogen (secondary N) is 2. The molecule has 2 aromatic rings. The van der Waals surface area contributed by atoms with Gasteiger partial charge in [0, 0.05) is 33.3 Å². The lowest BCUT2D eigenvalue weighted by Crippen LogP contribution is -2.29. The fourth-order valence-corrected chi connectivity index (χ4v) is 2.94. The van der Waals surface area contributed by atoms with E-state index in [2.05, 4.69) is 20.2 Å². The van der Waals surface area contributed by atoms with Gasteiger partial charge in [0.1, 0.15) is 16.5 Å². The van der Waals surface area contributed by atoms with Crippen molar-refractivity contribution in [2.24, 2.45) is 0 Å². The molecule has 2 N–H and O–H groups in total. The molecule has 1 aromatic carbocycles. The molecule has 7 nitrogen and oxygen atoms in total. The Bertz CT molecular complexity index is 815. The van der Waals surface area contributed by atoms with Gasteiger partial charge in [-0.05, 0) is 18.2 Å². The SMILES string of the molecule is CN(C)c1cnnc(NCCNS(=O)(=O)c2cc(F)ccc2F)c1. The molecule has 0 aliphatic carbocycles. The summed E-state index contributed by atoms with van der Waals surface area (Å²) < 4.78 is 52.8. The van der Waals surface area contributed by atoms with E-state index in [4.69, 9.17) is 0 Å². The van der Waals surface area contributed by atoms with E-state index in [1.54, 1.807) is 12.3 Å². The topological polar surface area (TPSA) is 87.2 Å². The van der Waals surface area contributed by atoms with Gasteiger partial charge in [0.05, 0.1) is 11.9 Å². The molecular formula is C14H17F2N5O2S. The molecule has 0 fully saturated rings. The highest BCUT2D eigenvalue weighted by Crippen LogP contribution is 2.15. The van der Waals surface area contributed by atoms with Crippen LogP contribution in [0.25, 0.3) is 0 Å². The molecule has 0 saturated heterocycles. The number of benzene rings is 1. The van der Waals surface area contributed by atoms with Gasteiger partial charge in [-0.2, -0.15) is 5.10 Å². The Hall–Kier alpha value is -2.33. The van der Waals surface area contributed by atoms with Gasteiger partial charge < -0.3 is 10.2 Å². The lowest BCUT2D eigenvalue weighted by atomic mass is 10.3. The summed E-state index contributed by atoms with van der Waals surface area (Å²) in [6.45, 7) is 0.161. The third-order valence-corrected chi connectivity index (χ3v) is 4.54. The quantitative estimate of drug-likeness (QED) is 0.725. The van der Waals surface area contributed by atoms with Crippen LogP contribution in [0.2, 0.25) is 0 Å². The zero-order valence-corrected chi connectivity index (χ0v) is 13.9. The molecular weight excluding hydrogens is 340 g/mol. The fourth-order valence-electron chi connectivity index (χ4n) is 1.82. The predicted octanol–water partition coefficient (Wildman–Crippen LogP) is 1.21. The summed E-state index contributed by atoms with van der Waals surface area (Å²) in [6.07, 6.45) is 1.58. The predicted molar refractivity (Wildman–Crippen MR) is 86.4 cm³/mol. The summed E-state index contributed by atoms with van der Waals surface area (Å²) in [5.41, 5.74) is 0.829. The van der Waals surface area contributed by atoms with Crippen LogP contribution in [0.4, 0.5) is 20.3 Å². The van der Waals surface area contributed by atoms with Gasteiger partial charge in [0.15, 0.2) is 5.82 Å². The molecule has 24 heavy (non-hydrogen) atoms. The highest BCUT2D eigenvalue weighted by molar-refractivity contribution is 7.89. The second kappa shape index (κ2) is 7.49. The van der Waals surface area contributed by atoms with Crippen LogP contribution in [0.3, 0.4) is 0 Å². The zero-order valence-electron chi connectivity index (χ0n) is 13.1. The van der Waals surface area contributed by atoms with Crippen LogP contribution in [0.1, 0.15) is 0 Å². The average Bonchev–Trinajstić information content (AvgIpc) is 2.54. The van der Waals surface area contributed by atoms with E-state index in [9.17, 15) is 17.2 Å². The van der Waals surface area contributed by atoms with E-state index in [0.717, 1.165) is 17.8 Å². The Balaban J connectivity index is 1.94. The maximum Gasteiger partial charge on any atom is 0.243 e. The molecule has 0 unspecified atom stereocenters. The minimum atomic E-state index is -4.14. The monoisotopic (exact) mass is 357 g/mol. The maximum absolute atomic E-state index is 13.5. The van der Waals surface area contributed by atoms with Gasteiger partial charge in [-0.3, -0.25) is 0 Å². The first-order chi connectivity index (χ1) is 11.3. The fraction of sp³-hybridized carbons (Fsp3) is 0.286. The first-order valence-electron chi connectivity index (χ1n) is 6.98. The number of rotatable bonds is 7. The van der Waals surface area contributed by atoms with Crippen molar-refractivity contribution in [3.8, 4) is 0 Å². The van der Waals surface area contributed by atoms with Crippen LogP contribution in [0, 0.1) is 11.6 Å². The van der Waals surface area contributed by atoms with E-state index >= 15 is 0 Å².